The number of nitrogens with zero attached hydrogens (tertiary/aromatic N) is 2. The van der Waals surface area contributed by atoms with E-state index in [4.69, 9.17) is 11.6 Å². The van der Waals surface area contributed by atoms with Gasteiger partial charge >= 0.3 is 0 Å². The summed E-state index contributed by atoms with van der Waals surface area (Å²) < 4.78 is 0. The topological polar surface area (TPSA) is 85.1 Å². The van der Waals surface area contributed by atoms with E-state index in [1.54, 1.807) is 31.2 Å². The summed E-state index contributed by atoms with van der Waals surface area (Å²) in [5.74, 6) is -0.425. The number of halogens is 1. The molecule has 7 heteroatoms. The minimum Gasteiger partial charge on any atom is -0.348 e. The number of para-hydroxylation sites is 1. The van der Waals surface area contributed by atoms with Crippen LogP contribution in [0.25, 0.3) is 0 Å². The van der Waals surface area contributed by atoms with E-state index in [1.807, 2.05) is 0 Å². The fraction of sp³-hybridized carbons (Fsp3) is 0.143. The Bertz CT molecular complexity index is 704. The number of amides is 1. The summed E-state index contributed by atoms with van der Waals surface area (Å²) in [4.78, 5) is 26.4. The van der Waals surface area contributed by atoms with Gasteiger partial charge in [0, 0.05) is 30.1 Å². The smallest absolute Gasteiger partial charge is 0.274 e. The average molecular weight is 306 g/mol. The van der Waals surface area contributed by atoms with Gasteiger partial charge in [-0.05, 0) is 13.0 Å². The van der Waals surface area contributed by atoms with E-state index in [1.165, 1.54) is 12.3 Å². The second-order valence-corrected chi connectivity index (χ2v) is 4.78. The van der Waals surface area contributed by atoms with Gasteiger partial charge in [-0.1, -0.05) is 29.8 Å². The summed E-state index contributed by atoms with van der Waals surface area (Å²) in [5, 5.41) is 13.8. The van der Waals surface area contributed by atoms with E-state index < -0.39 is 10.8 Å². The molecule has 0 aliphatic heterocycles. The Labute approximate surface area is 125 Å². The van der Waals surface area contributed by atoms with Crippen LogP contribution < -0.4 is 5.32 Å². The minimum atomic E-state index is -0.484. The third kappa shape index (κ3) is 3.55. The van der Waals surface area contributed by atoms with E-state index >= 15 is 0 Å². The molecular formula is C14H12ClN3O3. The van der Waals surface area contributed by atoms with Gasteiger partial charge in [-0.25, -0.2) is 0 Å². The third-order valence-electron chi connectivity index (χ3n) is 2.86. The quantitative estimate of drug-likeness (QED) is 0.695. The Balaban J connectivity index is 2.13. The van der Waals surface area contributed by atoms with Crippen molar-refractivity contribution in [2.75, 3.05) is 0 Å². The number of carbonyl (C=O) groups is 1. The highest BCUT2D eigenvalue weighted by molar-refractivity contribution is 6.33. The van der Waals surface area contributed by atoms with Crippen LogP contribution in [0.15, 0.2) is 36.5 Å². The van der Waals surface area contributed by atoms with Crippen molar-refractivity contribution in [3.8, 4) is 0 Å². The molecule has 0 saturated carbocycles. The normalized spacial score (nSPS) is 10.2. The molecule has 0 unspecified atom stereocenters. The first-order valence-electron chi connectivity index (χ1n) is 6.11. The first-order chi connectivity index (χ1) is 9.99. The third-order valence-corrected chi connectivity index (χ3v) is 3.18. The predicted molar refractivity (Wildman–Crippen MR) is 78.3 cm³/mol. The molecule has 0 radical (unpaired) electrons. The zero-order chi connectivity index (χ0) is 15.4. The Hall–Kier alpha value is -2.47. The van der Waals surface area contributed by atoms with Crippen molar-refractivity contribution in [3.63, 3.8) is 0 Å². The fourth-order valence-electron chi connectivity index (χ4n) is 1.80. The van der Waals surface area contributed by atoms with E-state index in [0.717, 1.165) is 0 Å². The number of pyridine rings is 1. The van der Waals surface area contributed by atoms with Crippen molar-refractivity contribution in [2.45, 2.75) is 13.5 Å². The van der Waals surface area contributed by atoms with Gasteiger partial charge in [-0.2, -0.15) is 0 Å². The van der Waals surface area contributed by atoms with Crippen LogP contribution in [0.2, 0.25) is 5.02 Å². The van der Waals surface area contributed by atoms with Gasteiger partial charge in [0.15, 0.2) is 0 Å². The van der Waals surface area contributed by atoms with E-state index in [9.17, 15) is 14.9 Å². The summed E-state index contributed by atoms with van der Waals surface area (Å²) in [6.07, 6.45) is 1.38. The SMILES string of the molecule is Cc1cc(Cl)c(C(=O)NCc2ccccc2[N+](=O)[O-])cn1. The van der Waals surface area contributed by atoms with E-state index in [0.29, 0.717) is 16.3 Å². The van der Waals surface area contributed by atoms with Crippen molar-refractivity contribution in [2.24, 2.45) is 0 Å². The van der Waals surface area contributed by atoms with Crippen LogP contribution in [0.4, 0.5) is 5.69 Å². The molecule has 0 saturated heterocycles. The summed E-state index contributed by atoms with van der Waals surface area (Å²) >= 11 is 5.98. The molecule has 2 rings (SSSR count). The number of aryl methyl sites for hydroxylation is 1. The maximum Gasteiger partial charge on any atom is 0.274 e. The Morgan fingerprint density at radius 3 is 2.81 bits per heavy atom. The highest BCUT2D eigenvalue weighted by atomic mass is 35.5. The van der Waals surface area contributed by atoms with Crippen LogP contribution in [0.1, 0.15) is 21.6 Å². The Morgan fingerprint density at radius 1 is 1.43 bits per heavy atom. The van der Waals surface area contributed by atoms with Gasteiger partial charge in [-0.3, -0.25) is 19.9 Å². The van der Waals surface area contributed by atoms with Crippen molar-refractivity contribution in [3.05, 3.63) is 68.5 Å². The predicted octanol–water partition coefficient (Wildman–Crippen LogP) is 2.88. The van der Waals surface area contributed by atoms with Crippen LogP contribution in [-0.4, -0.2) is 15.8 Å². The lowest BCUT2D eigenvalue weighted by atomic mass is 10.1. The molecule has 0 aliphatic carbocycles. The molecular weight excluding hydrogens is 294 g/mol. The highest BCUT2D eigenvalue weighted by Crippen LogP contribution is 2.18. The molecule has 108 valence electrons. The fourth-order valence-corrected chi connectivity index (χ4v) is 2.10. The molecule has 0 bridgehead atoms. The second-order valence-electron chi connectivity index (χ2n) is 4.37. The Kier molecular flexibility index (Phi) is 4.49. The standard InChI is InChI=1S/C14H12ClN3O3/c1-9-6-12(15)11(8-16-9)14(19)17-7-10-4-2-3-5-13(10)18(20)21/h2-6,8H,7H2,1H3,(H,17,19). The van der Waals surface area contributed by atoms with Gasteiger partial charge < -0.3 is 5.32 Å². The number of hydrogen-bond donors (Lipinski definition) is 1. The van der Waals surface area contributed by atoms with Crippen LogP contribution >= 0.6 is 11.6 Å². The molecule has 1 heterocycles. The Morgan fingerprint density at radius 2 is 2.14 bits per heavy atom. The second kappa shape index (κ2) is 6.32. The molecule has 0 aliphatic rings. The van der Waals surface area contributed by atoms with Gasteiger partial charge in [0.25, 0.3) is 11.6 Å². The molecule has 21 heavy (non-hydrogen) atoms. The molecule has 6 nitrogen and oxygen atoms in total. The van der Waals surface area contributed by atoms with Crippen molar-refractivity contribution < 1.29 is 9.72 Å². The molecule has 1 aromatic heterocycles. The van der Waals surface area contributed by atoms with Crippen LogP contribution in [-0.2, 0) is 6.54 Å². The van der Waals surface area contributed by atoms with Crippen LogP contribution in [0.3, 0.4) is 0 Å². The van der Waals surface area contributed by atoms with Gasteiger partial charge in [0.2, 0.25) is 0 Å². The van der Waals surface area contributed by atoms with Crippen molar-refractivity contribution in [1.29, 1.82) is 0 Å². The van der Waals surface area contributed by atoms with Crippen molar-refractivity contribution >= 4 is 23.2 Å². The number of nitro groups is 1. The summed E-state index contributed by atoms with van der Waals surface area (Å²) in [7, 11) is 0. The first-order valence-corrected chi connectivity index (χ1v) is 6.49. The van der Waals surface area contributed by atoms with Crippen molar-refractivity contribution in [1.82, 2.24) is 10.3 Å². The van der Waals surface area contributed by atoms with Gasteiger partial charge in [0.05, 0.1) is 15.5 Å². The van der Waals surface area contributed by atoms with E-state index in [2.05, 4.69) is 10.3 Å². The number of carbonyl (C=O) groups excluding carboxylic acids is 1. The summed E-state index contributed by atoms with van der Waals surface area (Å²) in [6, 6.07) is 7.82. The summed E-state index contributed by atoms with van der Waals surface area (Å²) in [5.41, 5.74) is 1.33. The zero-order valence-electron chi connectivity index (χ0n) is 11.2. The lowest BCUT2D eigenvalue weighted by Gasteiger charge is -2.07. The number of nitro benzene ring substituents is 1. The highest BCUT2D eigenvalue weighted by Gasteiger charge is 2.15. The monoisotopic (exact) mass is 305 g/mol. The number of nitrogens with one attached hydrogen (secondary N) is 1. The van der Waals surface area contributed by atoms with Crippen LogP contribution in [0.5, 0.6) is 0 Å². The number of benzene rings is 1. The maximum atomic E-state index is 12.0. The zero-order valence-corrected chi connectivity index (χ0v) is 11.9. The first kappa shape index (κ1) is 14.9. The molecule has 0 spiro atoms. The average Bonchev–Trinajstić information content (AvgIpc) is 2.45. The number of rotatable bonds is 4. The molecule has 1 amide bonds. The molecule has 2 aromatic rings. The number of hydrogen-bond acceptors (Lipinski definition) is 4. The maximum absolute atomic E-state index is 12.0. The summed E-state index contributed by atoms with van der Waals surface area (Å²) in [6.45, 7) is 1.81. The molecule has 1 aromatic carbocycles. The van der Waals surface area contributed by atoms with Gasteiger partial charge in [0.1, 0.15) is 0 Å². The molecule has 0 fully saturated rings. The molecule has 1 N–H and O–H groups in total. The van der Waals surface area contributed by atoms with Gasteiger partial charge in [-0.15, -0.1) is 0 Å². The molecule has 0 atom stereocenters. The lowest BCUT2D eigenvalue weighted by molar-refractivity contribution is -0.385. The van der Waals surface area contributed by atoms with Crippen LogP contribution in [0, 0.1) is 17.0 Å². The lowest BCUT2D eigenvalue weighted by Crippen LogP contribution is -2.23. The largest absolute Gasteiger partial charge is 0.348 e. The number of aromatic nitrogens is 1. The minimum absolute atomic E-state index is 0.0362. The van der Waals surface area contributed by atoms with E-state index in [-0.39, 0.29) is 17.8 Å².